The quantitative estimate of drug-likeness (QED) is 0.779. The highest BCUT2D eigenvalue weighted by molar-refractivity contribution is 4.94. The number of likely N-dealkylation sites (tertiary alicyclic amines) is 1. The number of rotatable bonds is 3. The summed E-state index contributed by atoms with van der Waals surface area (Å²) in [5.41, 5.74) is 0. The van der Waals surface area contributed by atoms with Gasteiger partial charge < -0.3 is 9.47 Å². The lowest BCUT2D eigenvalue weighted by molar-refractivity contribution is 0.138. The molecule has 90 valence electrons. The second kappa shape index (κ2) is 5.00. The van der Waals surface area contributed by atoms with E-state index in [0.29, 0.717) is 6.04 Å². The highest BCUT2D eigenvalue weighted by Gasteiger charge is 2.22. The zero-order valence-electron chi connectivity index (χ0n) is 10.7. The summed E-state index contributed by atoms with van der Waals surface area (Å²) in [4.78, 5) is 7.02. The standard InChI is InChI=1S/C13H23N3/c1-11(2)16-7-4-5-12(10-16)9-13-14-6-8-15(13)3/h6,8,11-12H,4-5,7,9-10H2,1-3H3/t12-/m0/s1. The van der Waals surface area contributed by atoms with Gasteiger partial charge in [0, 0.05) is 38.4 Å². The second-order valence-corrected chi connectivity index (χ2v) is 5.26. The van der Waals surface area contributed by atoms with Gasteiger partial charge in [-0.3, -0.25) is 0 Å². The molecule has 0 bridgehead atoms. The van der Waals surface area contributed by atoms with Crippen molar-refractivity contribution in [2.24, 2.45) is 13.0 Å². The average molecular weight is 221 g/mol. The van der Waals surface area contributed by atoms with E-state index in [4.69, 9.17) is 0 Å². The van der Waals surface area contributed by atoms with Crippen molar-refractivity contribution >= 4 is 0 Å². The van der Waals surface area contributed by atoms with Crippen LogP contribution in [0.1, 0.15) is 32.5 Å². The first kappa shape index (κ1) is 11.6. The third-order valence-electron chi connectivity index (χ3n) is 3.67. The van der Waals surface area contributed by atoms with Gasteiger partial charge in [-0.2, -0.15) is 0 Å². The van der Waals surface area contributed by atoms with Crippen LogP contribution < -0.4 is 0 Å². The summed E-state index contributed by atoms with van der Waals surface area (Å²) in [5.74, 6) is 2.02. The summed E-state index contributed by atoms with van der Waals surface area (Å²) in [6, 6.07) is 0.684. The van der Waals surface area contributed by atoms with Crippen molar-refractivity contribution in [3.63, 3.8) is 0 Å². The van der Waals surface area contributed by atoms with Crippen LogP contribution in [0.5, 0.6) is 0 Å². The predicted molar refractivity (Wildman–Crippen MR) is 66.3 cm³/mol. The molecule has 1 saturated heterocycles. The Morgan fingerprint density at radius 2 is 2.31 bits per heavy atom. The van der Waals surface area contributed by atoms with Gasteiger partial charge in [0.15, 0.2) is 0 Å². The predicted octanol–water partition coefficient (Wildman–Crippen LogP) is 2.08. The Hall–Kier alpha value is -0.830. The van der Waals surface area contributed by atoms with E-state index in [1.807, 2.05) is 12.4 Å². The van der Waals surface area contributed by atoms with Crippen LogP contribution in [0, 0.1) is 5.92 Å². The molecule has 0 unspecified atom stereocenters. The molecule has 1 aromatic rings. The van der Waals surface area contributed by atoms with Crippen LogP contribution >= 0.6 is 0 Å². The van der Waals surface area contributed by atoms with Crippen molar-refractivity contribution in [3.05, 3.63) is 18.2 Å². The second-order valence-electron chi connectivity index (χ2n) is 5.26. The molecule has 0 saturated carbocycles. The highest BCUT2D eigenvalue weighted by Crippen LogP contribution is 2.21. The summed E-state index contributed by atoms with van der Waals surface area (Å²) in [5, 5.41) is 0. The Balaban J connectivity index is 1.93. The molecular formula is C13H23N3. The topological polar surface area (TPSA) is 21.1 Å². The van der Waals surface area contributed by atoms with Gasteiger partial charge in [0.25, 0.3) is 0 Å². The first-order valence-corrected chi connectivity index (χ1v) is 6.37. The van der Waals surface area contributed by atoms with E-state index in [0.717, 1.165) is 12.3 Å². The Bertz CT molecular complexity index is 330. The molecule has 3 heteroatoms. The zero-order chi connectivity index (χ0) is 11.5. The van der Waals surface area contributed by atoms with Gasteiger partial charge in [0.2, 0.25) is 0 Å². The zero-order valence-corrected chi connectivity index (χ0v) is 10.7. The van der Waals surface area contributed by atoms with Gasteiger partial charge in [-0.1, -0.05) is 0 Å². The fourth-order valence-corrected chi connectivity index (χ4v) is 2.58. The summed E-state index contributed by atoms with van der Waals surface area (Å²) in [6.07, 6.45) is 7.77. The van der Waals surface area contributed by atoms with Gasteiger partial charge in [0.05, 0.1) is 0 Å². The van der Waals surface area contributed by atoms with Crippen molar-refractivity contribution in [1.82, 2.24) is 14.5 Å². The van der Waals surface area contributed by atoms with Gasteiger partial charge in [-0.05, 0) is 39.2 Å². The molecule has 1 aliphatic rings. The van der Waals surface area contributed by atoms with E-state index in [9.17, 15) is 0 Å². The van der Waals surface area contributed by atoms with Gasteiger partial charge >= 0.3 is 0 Å². The maximum Gasteiger partial charge on any atom is 0.108 e. The lowest BCUT2D eigenvalue weighted by Crippen LogP contribution is -2.40. The normalized spacial score (nSPS) is 22.9. The van der Waals surface area contributed by atoms with Crippen molar-refractivity contribution in [1.29, 1.82) is 0 Å². The maximum absolute atomic E-state index is 4.42. The monoisotopic (exact) mass is 221 g/mol. The molecule has 0 aromatic carbocycles. The maximum atomic E-state index is 4.42. The molecule has 2 rings (SSSR count). The third-order valence-corrected chi connectivity index (χ3v) is 3.67. The van der Waals surface area contributed by atoms with Crippen molar-refractivity contribution in [3.8, 4) is 0 Å². The molecule has 1 aromatic heterocycles. The molecule has 1 atom stereocenters. The molecule has 0 N–H and O–H groups in total. The Kier molecular flexibility index (Phi) is 3.64. The highest BCUT2D eigenvalue weighted by atomic mass is 15.2. The van der Waals surface area contributed by atoms with Crippen LogP contribution in [0.4, 0.5) is 0 Å². The third kappa shape index (κ3) is 2.64. The SMILES string of the molecule is CC(C)N1CCC[C@@H](Cc2nccn2C)C1. The van der Waals surface area contributed by atoms with Crippen LogP contribution in [-0.2, 0) is 13.5 Å². The molecule has 0 amide bonds. The summed E-state index contributed by atoms with van der Waals surface area (Å²) in [7, 11) is 2.09. The molecule has 1 aliphatic heterocycles. The average Bonchev–Trinajstić information content (AvgIpc) is 2.65. The van der Waals surface area contributed by atoms with Crippen LogP contribution in [0.2, 0.25) is 0 Å². The summed E-state index contributed by atoms with van der Waals surface area (Å²) in [6.45, 7) is 7.10. The van der Waals surface area contributed by atoms with E-state index >= 15 is 0 Å². The van der Waals surface area contributed by atoms with E-state index in [2.05, 4.69) is 35.3 Å². The summed E-state index contributed by atoms with van der Waals surface area (Å²) >= 11 is 0. The minimum absolute atomic E-state index is 0.684. The molecule has 0 spiro atoms. The molecular weight excluding hydrogens is 198 g/mol. The molecule has 1 fully saturated rings. The Labute approximate surface area is 98.5 Å². The smallest absolute Gasteiger partial charge is 0.108 e. The number of hydrogen-bond acceptors (Lipinski definition) is 2. The number of aromatic nitrogens is 2. The number of nitrogens with zero attached hydrogens (tertiary/aromatic N) is 3. The lowest BCUT2D eigenvalue weighted by Gasteiger charge is -2.35. The van der Waals surface area contributed by atoms with Crippen LogP contribution in [0.3, 0.4) is 0 Å². The minimum atomic E-state index is 0.684. The van der Waals surface area contributed by atoms with Gasteiger partial charge in [-0.15, -0.1) is 0 Å². The first-order chi connectivity index (χ1) is 7.66. The van der Waals surface area contributed by atoms with E-state index in [1.165, 1.54) is 31.8 Å². The van der Waals surface area contributed by atoms with Crippen molar-refractivity contribution in [2.75, 3.05) is 13.1 Å². The van der Waals surface area contributed by atoms with Gasteiger partial charge in [0.1, 0.15) is 5.82 Å². The molecule has 0 aliphatic carbocycles. The van der Waals surface area contributed by atoms with Gasteiger partial charge in [-0.25, -0.2) is 4.98 Å². The van der Waals surface area contributed by atoms with Crippen LogP contribution in [-0.4, -0.2) is 33.6 Å². The fraction of sp³-hybridized carbons (Fsp3) is 0.769. The number of aryl methyl sites for hydroxylation is 1. The van der Waals surface area contributed by atoms with E-state index in [1.54, 1.807) is 0 Å². The molecule has 2 heterocycles. The number of imidazole rings is 1. The number of hydrogen-bond donors (Lipinski definition) is 0. The lowest BCUT2D eigenvalue weighted by atomic mass is 9.93. The van der Waals surface area contributed by atoms with Crippen molar-refractivity contribution in [2.45, 2.75) is 39.2 Å². The van der Waals surface area contributed by atoms with E-state index < -0.39 is 0 Å². The molecule has 16 heavy (non-hydrogen) atoms. The molecule has 0 radical (unpaired) electrons. The molecule has 3 nitrogen and oxygen atoms in total. The number of piperidine rings is 1. The fourth-order valence-electron chi connectivity index (χ4n) is 2.58. The largest absolute Gasteiger partial charge is 0.338 e. The summed E-state index contributed by atoms with van der Waals surface area (Å²) < 4.78 is 2.15. The van der Waals surface area contributed by atoms with Crippen LogP contribution in [0.25, 0.3) is 0 Å². The Morgan fingerprint density at radius 3 is 2.94 bits per heavy atom. The Morgan fingerprint density at radius 1 is 1.50 bits per heavy atom. The minimum Gasteiger partial charge on any atom is -0.338 e. The van der Waals surface area contributed by atoms with Crippen molar-refractivity contribution < 1.29 is 0 Å². The first-order valence-electron chi connectivity index (χ1n) is 6.37. The van der Waals surface area contributed by atoms with Crippen LogP contribution in [0.15, 0.2) is 12.4 Å². The van der Waals surface area contributed by atoms with E-state index in [-0.39, 0.29) is 0 Å².